The maximum atomic E-state index is 2.49. The molecule has 12 rings (SSSR count). The van der Waals surface area contributed by atoms with E-state index in [1.54, 1.807) is 0 Å². The Morgan fingerprint density at radius 3 is 2.03 bits per heavy atom. The highest BCUT2D eigenvalue weighted by Crippen LogP contribution is 2.55. The van der Waals surface area contributed by atoms with Crippen molar-refractivity contribution in [3.8, 4) is 39.1 Å². The summed E-state index contributed by atoms with van der Waals surface area (Å²) in [6, 6.07) is 69.9. The van der Waals surface area contributed by atoms with Crippen molar-refractivity contribution in [1.82, 2.24) is 4.57 Å². The van der Waals surface area contributed by atoms with Crippen LogP contribution in [0.15, 0.2) is 211 Å². The van der Waals surface area contributed by atoms with Gasteiger partial charge < -0.3 is 9.47 Å². The third kappa shape index (κ3) is 5.42. The first-order chi connectivity index (χ1) is 30.3. The molecule has 2 heteroatoms. The molecule has 0 saturated heterocycles. The Bertz CT molecular complexity index is 3340. The van der Waals surface area contributed by atoms with Gasteiger partial charge in [0.2, 0.25) is 0 Å². The van der Waals surface area contributed by atoms with Gasteiger partial charge in [-0.05, 0) is 117 Å². The molecule has 1 aromatic heterocycles. The summed E-state index contributed by atoms with van der Waals surface area (Å²) in [5, 5.41) is 2.52. The molecule has 62 heavy (non-hydrogen) atoms. The molecule has 0 fully saturated rings. The molecule has 1 unspecified atom stereocenters. The van der Waals surface area contributed by atoms with Gasteiger partial charge in [-0.25, -0.2) is 0 Å². The molecule has 298 valence electrons. The number of nitrogens with zero attached hydrogens (tertiary/aromatic N) is 2. The van der Waals surface area contributed by atoms with Crippen LogP contribution in [-0.2, 0) is 10.8 Å². The Balaban J connectivity index is 0.950. The Kier molecular flexibility index (Phi) is 8.09. The van der Waals surface area contributed by atoms with Crippen molar-refractivity contribution in [2.24, 2.45) is 0 Å². The Morgan fingerprint density at radius 1 is 0.484 bits per heavy atom. The molecule has 1 atom stereocenters. The van der Waals surface area contributed by atoms with E-state index in [2.05, 4.69) is 237 Å². The van der Waals surface area contributed by atoms with Crippen LogP contribution in [0.25, 0.3) is 60.9 Å². The molecule has 0 aliphatic heterocycles. The average Bonchev–Trinajstić information content (AvgIpc) is 3.86. The van der Waals surface area contributed by atoms with Crippen molar-refractivity contribution in [1.29, 1.82) is 0 Å². The van der Waals surface area contributed by atoms with Crippen LogP contribution in [0.4, 0.5) is 11.4 Å². The summed E-state index contributed by atoms with van der Waals surface area (Å²) in [5.74, 6) is 0.416. The lowest BCUT2D eigenvalue weighted by atomic mass is 9.78. The van der Waals surface area contributed by atoms with Gasteiger partial charge in [-0.15, -0.1) is 0 Å². The van der Waals surface area contributed by atoms with E-state index in [-0.39, 0.29) is 10.8 Å². The molecule has 0 bridgehead atoms. The summed E-state index contributed by atoms with van der Waals surface area (Å²) in [6.45, 7) is 9.52. The number of hydrogen-bond donors (Lipinski definition) is 0. The van der Waals surface area contributed by atoms with E-state index in [9.17, 15) is 0 Å². The molecule has 0 saturated carbocycles. The largest absolute Gasteiger partial charge is 0.310 e. The molecule has 0 N–H and O–H groups in total. The Morgan fingerprint density at radius 2 is 1.16 bits per heavy atom. The van der Waals surface area contributed by atoms with Gasteiger partial charge >= 0.3 is 0 Å². The number of para-hydroxylation sites is 3. The van der Waals surface area contributed by atoms with Crippen LogP contribution in [0, 0.1) is 0 Å². The number of hydrogen-bond acceptors (Lipinski definition) is 1. The van der Waals surface area contributed by atoms with Gasteiger partial charge in [0.1, 0.15) is 0 Å². The predicted molar refractivity (Wildman–Crippen MR) is 261 cm³/mol. The van der Waals surface area contributed by atoms with Gasteiger partial charge in [0, 0.05) is 50.2 Å². The second kappa shape index (κ2) is 13.7. The number of fused-ring (bicyclic) bond motifs is 9. The van der Waals surface area contributed by atoms with Crippen LogP contribution in [0.1, 0.15) is 62.3 Å². The van der Waals surface area contributed by atoms with Crippen LogP contribution in [0.3, 0.4) is 0 Å². The number of allylic oxidation sites excluding steroid dienone is 3. The summed E-state index contributed by atoms with van der Waals surface area (Å²) >= 11 is 0. The van der Waals surface area contributed by atoms with Gasteiger partial charge in [0.05, 0.1) is 16.7 Å². The smallest absolute Gasteiger partial charge is 0.0541 e. The van der Waals surface area contributed by atoms with Crippen LogP contribution >= 0.6 is 0 Å². The van der Waals surface area contributed by atoms with Crippen LogP contribution in [-0.4, -0.2) is 4.57 Å². The van der Waals surface area contributed by atoms with Crippen molar-refractivity contribution in [3.05, 3.63) is 234 Å². The molecule has 8 aromatic carbocycles. The molecular weight excluding hydrogens is 749 g/mol. The first-order valence-corrected chi connectivity index (χ1v) is 22.1. The molecule has 3 aliphatic carbocycles. The second-order valence-corrected chi connectivity index (χ2v) is 18.5. The maximum absolute atomic E-state index is 2.49. The normalized spacial score (nSPS) is 16.6. The fourth-order valence-electron chi connectivity index (χ4n) is 11.3. The monoisotopic (exact) mass is 796 g/mol. The zero-order valence-electron chi connectivity index (χ0n) is 35.7. The quantitative estimate of drug-likeness (QED) is 0.163. The fraction of sp³-hybridized carbons (Fsp3) is 0.133. The number of rotatable bonds is 6. The number of aromatic nitrogens is 1. The van der Waals surface area contributed by atoms with Crippen molar-refractivity contribution in [3.63, 3.8) is 0 Å². The van der Waals surface area contributed by atoms with Crippen molar-refractivity contribution < 1.29 is 0 Å². The van der Waals surface area contributed by atoms with Crippen LogP contribution < -0.4 is 4.90 Å². The van der Waals surface area contributed by atoms with Crippen LogP contribution in [0.5, 0.6) is 0 Å². The van der Waals surface area contributed by atoms with E-state index in [0.29, 0.717) is 5.92 Å². The molecule has 2 nitrogen and oxygen atoms in total. The first-order valence-electron chi connectivity index (χ1n) is 22.1. The van der Waals surface area contributed by atoms with E-state index >= 15 is 0 Å². The summed E-state index contributed by atoms with van der Waals surface area (Å²) < 4.78 is 2.46. The molecule has 1 heterocycles. The minimum absolute atomic E-state index is 0.0327. The zero-order valence-corrected chi connectivity index (χ0v) is 35.7. The summed E-state index contributed by atoms with van der Waals surface area (Å²) in [5.41, 5.74) is 21.8. The molecule has 0 radical (unpaired) electrons. The topological polar surface area (TPSA) is 8.17 Å². The molecule has 0 spiro atoms. The van der Waals surface area contributed by atoms with Crippen molar-refractivity contribution in [2.45, 2.75) is 50.9 Å². The summed E-state index contributed by atoms with van der Waals surface area (Å²) in [4.78, 5) is 2.48. The lowest BCUT2D eigenvalue weighted by Crippen LogP contribution is -2.23. The highest BCUT2D eigenvalue weighted by molar-refractivity contribution is 6.10. The number of benzene rings is 8. The summed E-state index contributed by atoms with van der Waals surface area (Å²) in [7, 11) is 0. The first kappa shape index (κ1) is 36.7. The predicted octanol–water partition coefficient (Wildman–Crippen LogP) is 15.9. The Labute approximate surface area is 364 Å². The van der Waals surface area contributed by atoms with Crippen molar-refractivity contribution >= 4 is 33.2 Å². The maximum Gasteiger partial charge on any atom is 0.0541 e. The summed E-state index contributed by atoms with van der Waals surface area (Å²) in [6.07, 6.45) is 5.93. The minimum Gasteiger partial charge on any atom is -0.310 e. The van der Waals surface area contributed by atoms with Gasteiger partial charge in [0.25, 0.3) is 0 Å². The second-order valence-electron chi connectivity index (χ2n) is 18.5. The molecule has 9 aromatic rings. The SMILES string of the molecule is CC1(C)C2=CC(N(c3ccccc3)c3ccccc3-c3cccc(-c4ccc5c(c4)c4ccccc4n5-c4ccc5c(c4)C(C)(C)c4ccccc4-5)c3)=CCC2c2ccccc21. The lowest BCUT2D eigenvalue weighted by Gasteiger charge is -2.33. The van der Waals surface area contributed by atoms with E-state index in [1.165, 1.54) is 100 Å². The Hall–Kier alpha value is -7.16. The van der Waals surface area contributed by atoms with Crippen LogP contribution in [0.2, 0.25) is 0 Å². The van der Waals surface area contributed by atoms with E-state index in [1.807, 2.05) is 0 Å². The average molecular weight is 797 g/mol. The fourth-order valence-corrected chi connectivity index (χ4v) is 11.3. The number of anilines is 2. The van der Waals surface area contributed by atoms with Gasteiger partial charge in [-0.3, -0.25) is 0 Å². The molecule has 3 aliphatic rings. The lowest BCUT2D eigenvalue weighted by molar-refractivity contribution is 0.609. The van der Waals surface area contributed by atoms with E-state index < -0.39 is 0 Å². The third-order valence-corrected chi connectivity index (χ3v) is 14.4. The third-order valence-electron chi connectivity index (χ3n) is 14.4. The van der Waals surface area contributed by atoms with Gasteiger partial charge in [-0.2, -0.15) is 0 Å². The highest BCUT2D eigenvalue weighted by Gasteiger charge is 2.42. The molecular formula is C60H48N2. The standard InChI is InChI=1S/C60H48N2/c1-59(2)52-25-12-8-22-46(52)48-32-30-43(37-54(48)59)61(42-19-6-5-7-20-42)56-27-14-10-21-45(56)41-18-16-17-39(35-41)40-29-34-58-51(36-40)50-24-11-15-28-57(50)62(58)44-31-33-49-47-23-9-13-26-53(47)60(3,4)55(49)38-44/h5-31,33-38,48H,32H2,1-4H3. The highest BCUT2D eigenvalue weighted by atomic mass is 15.1. The van der Waals surface area contributed by atoms with Gasteiger partial charge in [0.15, 0.2) is 0 Å². The molecule has 0 amide bonds. The van der Waals surface area contributed by atoms with Gasteiger partial charge in [-0.1, -0.05) is 173 Å². The minimum atomic E-state index is -0.0667. The zero-order chi connectivity index (χ0) is 41.7. The van der Waals surface area contributed by atoms with Crippen molar-refractivity contribution in [2.75, 3.05) is 4.90 Å². The van der Waals surface area contributed by atoms with E-state index in [4.69, 9.17) is 0 Å². The van der Waals surface area contributed by atoms with E-state index in [0.717, 1.165) is 12.1 Å².